The molecule has 1 aromatic heterocycles. The van der Waals surface area contributed by atoms with Gasteiger partial charge < -0.3 is 14.7 Å². The molecule has 35 heavy (non-hydrogen) atoms. The molecule has 2 amide bonds. The maximum Gasteiger partial charge on any atom is 0.412 e. The molecule has 0 saturated heterocycles. The van der Waals surface area contributed by atoms with Crippen LogP contribution in [0.3, 0.4) is 0 Å². The third-order valence-corrected chi connectivity index (χ3v) is 6.05. The number of ether oxygens (including phenoxy) is 1. The molecule has 0 radical (unpaired) electrons. The van der Waals surface area contributed by atoms with E-state index < -0.39 is 12.1 Å². The van der Waals surface area contributed by atoms with Crippen LogP contribution < -0.4 is 5.32 Å². The molecule has 182 valence electrons. The Hall–Kier alpha value is -4.14. The average molecular weight is 477 g/mol. The van der Waals surface area contributed by atoms with Crippen LogP contribution in [0.2, 0.25) is 0 Å². The molecule has 0 fully saturated rings. The zero-order valence-corrected chi connectivity index (χ0v) is 19.7. The summed E-state index contributed by atoms with van der Waals surface area (Å²) in [4.78, 5) is 37.8. The monoisotopic (exact) mass is 476 g/mol. The van der Waals surface area contributed by atoms with Gasteiger partial charge in [0.25, 0.3) is 5.91 Å². The first kappa shape index (κ1) is 24.0. The molecule has 9 nitrogen and oxygen atoms in total. The quantitative estimate of drug-likeness (QED) is 0.481. The second-order valence-electron chi connectivity index (χ2n) is 8.42. The predicted octanol–water partition coefficient (Wildman–Crippen LogP) is 4.11. The van der Waals surface area contributed by atoms with E-state index >= 15 is 0 Å². The van der Waals surface area contributed by atoms with Gasteiger partial charge in [0.2, 0.25) is 0 Å². The highest BCUT2D eigenvalue weighted by atomic mass is 16.5. The number of anilines is 1. The molecule has 0 spiro atoms. The molecule has 3 aromatic rings. The van der Waals surface area contributed by atoms with Crippen LogP contribution in [0.25, 0.3) is 11.1 Å². The minimum atomic E-state index is -0.975. The molecule has 4 rings (SSSR count). The van der Waals surface area contributed by atoms with Crippen LogP contribution in [0, 0.1) is 0 Å². The first-order valence-electron chi connectivity index (χ1n) is 11.6. The molecule has 9 heteroatoms. The maximum atomic E-state index is 12.8. The van der Waals surface area contributed by atoms with Gasteiger partial charge >= 0.3 is 12.1 Å². The highest BCUT2D eigenvalue weighted by molar-refractivity contribution is 5.94. The van der Waals surface area contributed by atoms with Gasteiger partial charge in [-0.05, 0) is 28.7 Å². The van der Waals surface area contributed by atoms with Gasteiger partial charge in [0, 0.05) is 32.1 Å². The number of carboxylic acid groups (broad SMARTS) is 1. The van der Waals surface area contributed by atoms with Gasteiger partial charge in [-0.15, -0.1) is 0 Å². The zero-order valence-electron chi connectivity index (χ0n) is 19.7. The summed E-state index contributed by atoms with van der Waals surface area (Å²) in [5.41, 5.74) is 4.65. The number of benzene rings is 2. The summed E-state index contributed by atoms with van der Waals surface area (Å²) in [6.07, 6.45) is -0.114. The van der Waals surface area contributed by atoms with Crippen molar-refractivity contribution >= 4 is 23.8 Å². The van der Waals surface area contributed by atoms with Crippen LogP contribution in [-0.2, 0) is 16.6 Å². The smallest absolute Gasteiger partial charge is 0.412 e. The van der Waals surface area contributed by atoms with Crippen molar-refractivity contribution in [2.45, 2.75) is 25.7 Å². The zero-order chi connectivity index (χ0) is 24.9. The van der Waals surface area contributed by atoms with E-state index in [-0.39, 0.29) is 37.1 Å². The van der Waals surface area contributed by atoms with Gasteiger partial charge in [-0.1, -0.05) is 55.5 Å². The molecule has 0 saturated carbocycles. The number of carbonyl (C=O) groups is 3. The van der Waals surface area contributed by atoms with E-state index in [4.69, 9.17) is 9.84 Å². The van der Waals surface area contributed by atoms with Crippen LogP contribution in [0.15, 0.2) is 54.6 Å². The summed E-state index contributed by atoms with van der Waals surface area (Å²) in [5.74, 6) is -1.12. The van der Waals surface area contributed by atoms with E-state index in [0.29, 0.717) is 18.8 Å². The summed E-state index contributed by atoms with van der Waals surface area (Å²) >= 11 is 0. The van der Waals surface area contributed by atoms with Crippen LogP contribution in [0.4, 0.5) is 10.6 Å². The fourth-order valence-corrected chi connectivity index (χ4v) is 4.41. The summed E-state index contributed by atoms with van der Waals surface area (Å²) in [6.45, 7) is 2.58. The number of aromatic nitrogens is 2. The van der Waals surface area contributed by atoms with Crippen molar-refractivity contribution in [1.82, 2.24) is 14.7 Å². The molecule has 1 aliphatic rings. The lowest BCUT2D eigenvalue weighted by atomic mass is 9.98. The number of fused-ring (bicyclic) bond motifs is 3. The van der Waals surface area contributed by atoms with E-state index in [2.05, 4.69) is 22.5 Å². The van der Waals surface area contributed by atoms with E-state index in [1.807, 2.05) is 43.3 Å². The van der Waals surface area contributed by atoms with Crippen LogP contribution in [0.5, 0.6) is 0 Å². The lowest BCUT2D eigenvalue weighted by Crippen LogP contribution is -2.34. The Morgan fingerprint density at radius 3 is 2.29 bits per heavy atom. The Bertz CT molecular complexity index is 1210. The third kappa shape index (κ3) is 5.18. The normalized spacial score (nSPS) is 12.1. The second-order valence-corrected chi connectivity index (χ2v) is 8.42. The van der Waals surface area contributed by atoms with E-state index in [1.165, 1.54) is 15.6 Å². The van der Waals surface area contributed by atoms with Crippen LogP contribution in [0.1, 0.15) is 47.3 Å². The number of rotatable bonds is 9. The van der Waals surface area contributed by atoms with Gasteiger partial charge in [-0.25, -0.2) is 4.79 Å². The third-order valence-electron chi connectivity index (χ3n) is 6.05. The Kier molecular flexibility index (Phi) is 7.14. The van der Waals surface area contributed by atoms with E-state index in [9.17, 15) is 14.4 Å². The molecule has 0 unspecified atom stereocenters. The predicted molar refractivity (Wildman–Crippen MR) is 130 cm³/mol. The number of aliphatic carboxylic acids is 1. The Morgan fingerprint density at radius 1 is 1.06 bits per heavy atom. The molecule has 0 aliphatic heterocycles. The Balaban J connectivity index is 1.41. The number of carbonyl (C=O) groups excluding carboxylic acids is 2. The van der Waals surface area contributed by atoms with E-state index in [1.54, 1.807) is 7.05 Å². The number of nitrogens with zero attached hydrogens (tertiary/aromatic N) is 3. The van der Waals surface area contributed by atoms with Gasteiger partial charge in [0.1, 0.15) is 12.4 Å². The maximum absolute atomic E-state index is 12.8. The van der Waals surface area contributed by atoms with Crippen LogP contribution >= 0.6 is 0 Å². The summed E-state index contributed by atoms with van der Waals surface area (Å²) in [7, 11) is 1.61. The number of aryl methyl sites for hydroxylation is 1. The average Bonchev–Trinajstić information content (AvgIpc) is 3.37. The molecule has 1 aliphatic carbocycles. The first-order chi connectivity index (χ1) is 16.9. The highest BCUT2D eigenvalue weighted by Gasteiger charge is 2.29. The highest BCUT2D eigenvalue weighted by Crippen LogP contribution is 2.44. The molecule has 1 heterocycles. The number of nitrogens with one attached hydrogen (secondary N) is 1. The largest absolute Gasteiger partial charge is 0.481 e. The van der Waals surface area contributed by atoms with Gasteiger partial charge in [0.15, 0.2) is 5.69 Å². The van der Waals surface area contributed by atoms with Crippen molar-refractivity contribution in [3.05, 3.63) is 71.4 Å². The first-order valence-corrected chi connectivity index (χ1v) is 11.6. The van der Waals surface area contributed by atoms with Crippen molar-refractivity contribution < 1.29 is 24.2 Å². The summed E-state index contributed by atoms with van der Waals surface area (Å²) in [6, 6.07) is 17.6. The van der Waals surface area contributed by atoms with Gasteiger partial charge in [-0.2, -0.15) is 5.10 Å². The number of hydrogen-bond donors (Lipinski definition) is 2. The molecular formula is C26H28N4O5. The molecular weight excluding hydrogens is 448 g/mol. The van der Waals surface area contributed by atoms with Crippen molar-refractivity contribution in [2.24, 2.45) is 7.05 Å². The molecule has 2 aromatic carbocycles. The lowest BCUT2D eigenvalue weighted by Gasteiger charge is -2.19. The minimum absolute atomic E-state index is 0.0614. The van der Waals surface area contributed by atoms with Crippen molar-refractivity contribution in [3.8, 4) is 11.1 Å². The number of hydrogen-bond acceptors (Lipinski definition) is 5. The summed E-state index contributed by atoms with van der Waals surface area (Å²) in [5, 5.41) is 15.8. The minimum Gasteiger partial charge on any atom is -0.481 e. The standard InChI is InChI=1S/C26H28N4O5/c1-3-13-30(14-12-24(31)32)25(33)22-15-23(29(2)28-22)27-26(34)35-16-21-19-10-6-4-8-17(19)18-9-5-7-11-20(18)21/h4-11,15,21H,3,12-14,16H2,1-2H3,(H,27,34)(H,31,32). The summed E-state index contributed by atoms with van der Waals surface area (Å²) < 4.78 is 6.95. The Morgan fingerprint density at radius 2 is 1.69 bits per heavy atom. The van der Waals surface area contributed by atoms with Crippen LogP contribution in [-0.4, -0.2) is 57.5 Å². The lowest BCUT2D eigenvalue weighted by molar-refractivity contribution is -0.137. The van der Waals surface area contributed by atoms with Crippen molar-refractivity contribution in [1.29, 1.82) is 0 Å². The fourth-order valence-electron chi connectivity index (χ4n) is 4.41. The SMILES string of the molecule is CCCN(CCC(=O)O)C(=O)c1cc(NC(=O)OCC2c3ccccc3-c3ccccc32)n(C)n1. The fraction of sp³-hybridized carbons (Fsp3) is 0.308. The molecule has 0 atom stereocenters. The molecule has 2 N–H and O–H groups in total. The molecule has 0 bridgehead atoms. The van der Waals surface area contributed by atoms with E-state index in [0.717, 1.165) is 22.3 Å². The van der Waals surface area contributed by atoms with Gasteiger partial charge in [0.05, 0.1) is 6.42 Å². The van der Waals surface area contributed by atoms with Gasteiger partial charge in [-0.3, -0.25) is 19.6 Å². The number of carboxylic acids is 1. The number of amides is 2. The van der Waals surface area contributed by atoms with Crippen molar-refractivity contribution in [2.75, 3.05) is 25.0 Å². The van der Waals surface area contributed by atoms with Crippen molar-refractivity contribution in [3.63, 3.8) is 0 Å². The second kappa shape index (κ2) is 10.4. The Labute approximate surface area is 203 Å². The topological polar surface area (TPSA) is 114 Å².